The summed E-state index contributed by atoms with van der Waals surface area (Å²) in [5.74, 6) is -0.362. The Hall–Kier alpha value is -3.26. The zero-order chi connectivity index (χ0) is 24.6. The van der Waals surface area contributed by atoms with Gasteiger partial charge in [0, 0.05) is 0 Å². The van der Waals surface area contributed by atoms with E-state index in [-0.39, 0.29) is 5.97 Å². The van der Waals surface area contributed by atoms with Crippen molar-refractivity contribution in [2.24, 2.45) is 5.73 Å². The first kappa shape index (κ1) is 24.9. The molecule has 4 aromatic carbocycles. The van der Waals surface area contributed by atoms with E-state index in [1.54, 1.807) is 0 Å². The average molecular weight is 484 g/mol. The van der Waals surface area contributed by atoms with Gasteiger partial charge in [0.1, 0.15) is 0 Å². The van der Waals surface area contributed by atoms with Crippen LogP contribution in [0, 0.1) is 0 Å². The van der Waals surface area contributed by atoms with Gasteiger partial charge in [0.25, 0.3) is 0 Å². The molecule has 1 atom stereocenters. The Kier molecular flexibility index (Phi) is 7.80. The summed E-state index contributed by atoms with van der Waals surface area (Å²) in [4.78, 5) is 13.9. The number of carbonyl (C=O) groups is 1. The van der Waals surface area contributed by atoms with Gasteiger partial charge in [-0.1, -0.05) is 0 Å². The maximum atomic E-state index is 13.9. The Labute approximate surface area is 209 Å². The number of carbonyl (C=O) groups excluding carboxylic acids is 1. The van der Waals surface area contributed by atoms with Crippen molar-refractivity contribution in [1.29, 1.82) is 0 Å². The molecule has 0 aliphatic rings. The van der Waals surface area contributed by atoms with Crippen LogP contribution in [0.25, 0.3) is 0 Å². The molecule has 3 nitrogen and oxygen atoms in total. The third kappa shape index (κ3) is 4.80. The molecule has 0 unspecified atom stereocenters. The van der Waals surface area contributed by atoms with E-state index in [1.165, 1.54) is 0 Å². The van der Waals surface area contributed by atoms with E-state index >= 15 is 0 Å². The Balaban J connectivity index is 1.95. The molecule has 0 amide bonds. The third-order valence-electron chi connectivity index (χ3n) is 6.74. The van der Waals surface area contributed by atoms with Crippen LogP contribution in [-0.2, 0) is 15.7 Å². The molecule has 35 heavy (non-hydrogen) atoms. The minimum atomic E-state index is -3.69. The van der Waals surface area contributed by atoms with Crippen LogP contribution in [0.4, 0.5) is 0 Å². The standard InChI is InChI=1S/C31H34NO2P/c1-2-3-24-35(27-18-10-5-11-19-27,28-20-12-6-13-21-28,29-22-14-7-15-23-29)34-31(33)30(32)25-26-16-8-4-9-17-26/h4-23,30H,2-3,24-25,32H2,1H3/t30-/m0/s1. The van der Waals surface area contributed by atoms with Gasteiger partial charge in [-0.2, -0.15) is 0 Å². The van der Waals surface area contributed by atoms with Gasteiger partial charge in [-0.25, -0.2) is 0 Å². The summed E-state index contributed by atoms with van der Waals surface area (Å²) in [7, 11) is 0. The van der Waals surface area contributed by atoms with Crippen LogP contribution in [0.15, 0.2) is 121 Å². The van der Waals surface area contributed by atoms with Crippen LogP contribution >= 0.6 is 6.83 Å². The van der Waals surface area contributed by atoms with E-state index in [0.717, 1.165) is 40.5 Å². The third-order valence-corrected chi connectivity index (χ3v) is 12.7. The monoisotopic (exact) mass is 483 g/mol. The van der Waals surface area contributed by atoms with Crippen molar-refractivity contribution < 1.29 is 9.32 Å². The van der Waals surface area contributed by atoms with Crippen LogP contribution in [0.5, 0.6) is 0 Å². The molecule has 4 aromatic rings. The Bertz CT molecular complexity index is 1110. The van der Waals surface area contributed by atoms with Gasteiger partial charge in [0.2, 0.25) is 0 Å². The van der Waals surface area contributed by atoms with E-state index in [0.29, 0.717) is 6.42 Å². The van der Waals surface area contributed by atoms with Crippen molar-refractivity contribution in [1.82, 2.24) is 0 Å². The Morgan fingerprint density at radius 3 is 1.51 bits per heavy atom. The average Bonchev–Trinajstić information content (AvgIpc) is 2.93. The SMILES string of the molecule is CCCCP(OC(=O)[C@@H](N)Cc1ccccc1)(c1ccccc1)(c1ccccc1)c1ccccc1. The molecule has 0 aliphatic carbocycles. The summed E-state index contributed by atoms with van der Waals surface area (Å²) < 4.78 is 6.99. The summed E-state index contributed by atoms with van der Waals surface area (Å²) in [6.07, 6.45) is 3.05. The summed E-state index contributed by atoms with van der Waals surface area (Å²) in [5.41, 5.74) is 7.54. The number of benzene rings is 4. The molecule has 0 radical (unpaired) electrons. The van der Waals surface area contributed by atoms with Gasteiger partial charge in [-0.15, -0.1) is 0 Å². The van der Waals surface area contributed by atoms with Crippen LogP contribution in [0.2, 0.25) is 0 Å². The second kappa shape index (κ2) is 11.0. The van der Waals surface area contributed by atoms with Gasteiger partial charge in [-0.3, -0.25) is 0 Å². The van der Waals surface area contributed by atoms with E-state index in [4.69, 9.17) is 10.3 Å². The fourth-order valence-electron chi connectivity index (χ4n) is 4.95. The Morgan fingerprint density at radius 1 is 0.714 bits per heavy atom. The fraction of sp³-hybridized carbons (Fsp3) is 0.194. The molecular formula is C31H34NO2P. The normalized spacial score (nSPS) is 13.4. The quantitative estimate of drug-likeness (QED) is 0.310. The van der Waals surface area contributed by atoms with Crippen LogP contribution < -0.4 is 21.6 Å². The number of rotatable bonds is 10. The number of nitrogens with two attached hydrogens (primary N) is 1. The second-order valence-electron chi connectivity index (χ2n) is 9.00. The molecule has 0 spiro atoms. The predicted octanol–water partition coefficient (Wildman–Crippen LogP) is 5.34. The van der Waals surface area contributed by atoms with Crippen molar-refractivity contribution in [3.05, 3.63) is 127 Å². The van der Waals surface area contributed by atoms with Crippen molar-refractivity contribution in [2.45, 2.75) is 32.2 Å². The van der Waals surface area contributed by atoms with E-state index in [2.05, 4.69) is 43.3 Å². The van der Waals surface area contributed by atoms with Crippen LogP contribution in [0.3, 0.4) is 0 Å². The summed E-state index contributed by atoms with van der Waals surface area (Å²) in [6, 6.07) is 40.0. The first-order chi connectivity index (χ1) is 17.1. The number of hydrogen-bond acceptors (Lipinski definition) is 3. The van der Waals surface area contributed by atoms with Crippen molar-refractivity contribution in [3.8, 4) is 0 Å². The molecule has 180 valence electrons. The molecule has 0 aliphatic heterocycles. The van der Waals surface area contributed by atoms with Crippen LogP contribution in [0.1, 0.15) is 25.3 Å². The molecule has 4 rings (SSSR count). The van der Waals surface area contributed by atoms with Crippen molar-refractivity contribution in [2.75, 3.05) is 6.16 Å². The molecule has 0 heterocycles. The molecule has 0 bridgehead atoms. The fourth-order valence-corrected chi connectivity index (χ4v) is 10.9. The van der Waals surface area contributed by atoms with Crippen molar-refractivity contribution >= 4 is 28.7 Å². The molecule has 0 saturated carbocycles. The topological polar surface area (TPSA) is 52.3 Å². The number of hydrogen-bond donors (Lipinski definition) is 1. The summed E-state index contributed by atoms with van der Waals surface area (Å²) in [6.45, 7) is -1.52. The molecule has 4 heteroatoms. The van der Waals surface area contributed by atoms with E-state index < -0.39 is 12.9 Å². The van der Waals surface area contributed by atoms with Crippen LogP contribution in [-0.4, -0.2) is 18.2 Å². The van der Waals surface area contributed by atoms with E-state index in [1.807, 2.05) is 84.9 Å². The van der Waals surface area contributed by atoms with Gasteiger partial charge < -0.3 is 0 Å². The van der Waals surface area contributed by atoms with Crippen molar-refractivity contribution in [3.63, 3.8) is 0 Å². The molecule has 2 N–H and O–H groups in total. The Morgan fingerprint density at radius 2 is 1.11 bits per heavy atom. The predicted molar refractivity (Wildman–Crippen MR) is 149 cm³/mol. The first-order valence-corrected chi connectivity index (χ1v) is 14.7. The summed E-state index contributed by atoms with van der Waals surface area (Å²) in [5, 5.41) is 3.14. The molecule has 0 aromatic heterocycles. The van der Waals surface area contributed by atoms with Gasteiger partial charge in [0.15, 0.2) is 0 Å². The molecular weight excluding hydrogens is 449 g/mol. The number of unbranched alkanes of at least 4 members (excludes halogenated alkanes) is 1. The van der Waals surface area contributed by atoms with Gasteiger partial charge in [0.05, 0.1) is 0 Å². The minimum absolute atomic E-state index is 0.362. The molecule has 0 fully saturated rings. The summed E-state index contributed by atoms with van der Waals surface area (Å²) >= 11 is 0. The maximum absolute atomic E-state index is 13.9. The van der Waals surface area contributed by atoms with Gasteiger partial charge >= 0.3 is 209 Å². The zero-order valence-corrected chi connectivity index (χ0v) is 21.2. The second-order valence-corrected chi connectivity index (χ2v) is 13.6. The molecule has 0 saturated heterocycles. The zero-order valence-electron chi connectivity index (χ0n) is 20.3. The van der Waals surface area contributed by atoms with E-state index in [9.17, 15) is 4.79 Å². The first-order valence-electron chi connectivity index (χ1n) is 12.3. The van der Waals surface area contributed by atoms with Gasteiger partial charge in [-0.05, 0) is 0 Å².